The van der Waals surface area contributed by atoms with Gasteiger partial charge in [-0.1, -0.05) is 24.9 Å². The molecule has 0 amide bonds. The first-order valence-electron chi connectivity index (χ1n) is 6.54. The lowest BCUT2D eigenvalue weighted by Crippen LogP contribution is -2.37. The maximum absolute atomic E-state index is 6.19. The van der Waals surface area contributed by atoms with Gasteiger partial charge in [0.25, 0.3) is 0 Å². The van der Waals surface area contributed by atoms with Crippen molar-refractivity contribution in [3.05, 3.63) is 17.0 Å². The van der Waals surface area contributed by atoms with Crippen LogP contribution in [0.3, 0.4) is 0 Å². The predicted octanol–water partition coefficient (Wildman–Crippen LogP) is 2.70. The zero-order valence-electron chi connectivity index (χ0n) is 11.0. The fourth-order valence-electron chi connectivity index (χ4n) is 2.40. The zero-order valence-corrected chi connectivity index (χ0v) is 11.8. The molecule has 1 aromatic rings. The second kappa shape index (κ2) is 6.34. The van der Waals surface area contributed by atoms with E-state index in [-0.39, 0.29) is 0 Å². The minimum atomic E-state index is 0.486. The first kappa shape index (κ1) is 13.6. The third-order valence-corrected chi connectivity index (χ3v) is 3.77. The van der Waals surface area contributed by atoms with Crippen molar-refractivity contribution < 1.29 is 4.74 Å². The van der Waals surface area contributed by atoms with Crippen molar-refractivity contribution >= 4 is 17.4 Å². The second-order valence-corrected chi connectivity index (χ2v) is 5.03. The Morgan fingerprint density at radius 1 is 1.39 bits per heavy atom. The fraction of sp³-hybridized carbons (Fsp3) is 0.692. The molecule has 100 valence electrons. The molecule has 0 N–H and O–H groups in total. The molecule has 0 aliphatic carbocycles. The van der Waals surface area contributed by atoms with Gasteiger partial charge in [0.05, 0.1) is 0 Å². The number of hydrogen-bond donors (Lipinski definition) is 0. The third-order valence-electron chi connectivity index (χ3n) is 3.44. The Morgan fingerprint density at radius 3 is 2.78 bits per heavy atom. The van der Waals surface area contributed by atoms with E-state index in [1.165, 1.54) is 0 Å². The molecule has 0 radical (unpaired) electrons. The predicted molar refractivity (Wildman–Crippen MR) is 73.3 cm³/mol. The van der Waals surface area contributed by atoms with E-state index in [2.05, 4.69) is 28.8 Å². The van der Waals surface area contributed by atoms with Gasteiger partial charge >= 0.3 is 0 Å². The van der Waals surface area contributed by atoms with E-state index in [1.807, 2.05) is 0 Å². The highest BCUT2D eigenvalue weighted by molar-refractivity contribution is 6.30. The number of hydrogen-bond acceptors (Lipinski definition) is 4. The number of nitrogens with zero attached hydrogens (tertiary/aromatic N) is 3. The Kier molecular flexibility index (Phi) is 4.78. The van der Waals surface area contributed by atoms with Gasteiger partial charge in [-0.25, -0.2) is 9.97 Å². The van der Waals surface area contributed by atoms with E-state index >= 15 is 0 Å². The van der Waals surface area contributed by atoms with Crippen LogP contribution in [0.15, 0.2) is 6.33 Å². The highest BCUT2D eigenvalue weighted by atomic mass is 35.5. The van der Waals surface area contributed by atoms with Crippen molar-refractivity contribution in [2.75, 3.05) is 25.2 Å². The summed E-state index contributed by atoms with van der Waals surface area (Å²) in [7, 11) is 2.09. The van der Waals surface area contributed by atoms with Crippen LogP contribution in [0.4, 0.5) is 5.82 Å². The molecule has 0 bridgehead atoms. The van der Waals surface area contributed by atoms with Crippen molar-refractivity contribution in [2.24, 2.45) is 0 Å². The quantitative estimate of drug-likeness (QED) is 0.788. The maximum atomic E-state index is 6.19. The number of rotatable bonds is 4. The minimum absolute atomic E-state index is 0.486. The third kappa shape index (κ3) is 2.93. The van der Waals surface area contributed by atoms with Gasteiger partial charge < -0.3 is 9.64 Å². The summed E-state index contributed by atoms with van der Waals surface area (Å²) in [5.74, 6) is 0.976. The van der Waals surface area contributed by atoms with E-state index in [0.717, 1.165) is 50.3 Å². The standard InChI is InChI=1S/C13H20ClN3O/c1-3-4-11-12(14)15-9-16-13(11)17(2)10-5-7-18-8-6-10/h9-10H,3-8H2,1-2H3. The van der Waals surface area contributed by atoms with Gasteiger partial charge in [-0.05, 0) is 19.3 Å². The van der Waals surface area contributed by atoms with Crippen LogP contribution in [-0.2, 0) is 11.2 Å². The van der Waals surface area contributed by atoms with Crippen LogP contribution in [0.25, 0.3) is 0 Å². The molecule has 0 atom stereocenters. The van der Waals surface area contributed by atoms with Crippen molar-refractivity contribution in [2.45, 2.75) is 38.6 Å². The molecule has 1 aliphatic heterocycles. The van der Waals surface area contributed by atoms with E-state index < -0.39 is 0 Å². The van der Waals surface area contributed by atoms with Gasteiger partial charge in [0.1, 0.15) is 17.3 Å². The Balaban J connectivity index is 2.22. The summed E-state index contributed by atoms with van der Waals surface area (Å²) in [4.78, 5) is 10.7. The number of halogens is 1. The summed E-state index contributed by atoms with van der Waals surface area (Å²) in [6, 6.07) is 0.486. The molecular formula is C13H20ClN3O. The molecule has 1 fully saturated rings. The van der Waals surface area contributed by atoms with Crippen molar-refractivity contribution in [1.82, 2.24) is 9.97 Å². The molecule has 0 spiro atoms. The van der Waals surface area contributed by atoms with Crippen molar-refractivity contribution in [3.8, 4) is 0 Å². The number of ether oxygens (including phenoxy) is 1. The Bertz CT molecular complexity index is 394. The summed E-state index contributed by atoms with van der Waals surface area (Å²) < 4.78 is 5.40. The van der Waals surface area contributed by atoms with E-state index in [1.54, 1.807) is 6.33 Å². The lowest BCUT2D eigenvalue weighted by Gasteiger charge is -2.33. The molecule has 1 aliphatic rings. The first-order valence-corrected chi connectivity index (χ1v) is 6.91. The Labute approximate surface area is 113 Å². The van der Waals surface area contributed by atoms with Crippen LogP contribution < -0.4 is 4.90 Å². The lowest BCUT2D eigenvalue weighted by atomic mass is 10.1. The van der Waals surface area contributed by atoms with E-state index in [9.17, 15) is 0 Å². The van der Waals surface area contributed by atoms with Gasteiger partial charge in [-0.3, -0.25) is 0 Å². The average Bonchev–Trinajstić information content (AvgIpc) is 2.41. The molecule has 4 nitrogen and oxygen atoms in total. The number of aromatic nitrogens is 2. The molecule has 0 saturated carbocycles. The Morgan fingerprint density at radius 2 is 2.11 bits per heavy atom. The molecule has 5 heteroatoms. The van der Waals surface area contributed by atoms with Crippen molar-refractivity contribution in [3.63, 3.8) is 0 Å². The van der Waals surface area contributed by atoms with E-state index in [4.69, 9.17) is 16.3 Å². The highest BCUT2D eigenvalue weighted by Crippen LogP contribution is 2.27. The van der Waals surface area contributed by atoms with Gasteiger partial charge in [0.15, 0.2) is 0 Å². The lowest BCUT2D eigenvalue weighted by molar-refractivity contribution is 0.0853. The number of anilines is 1. The molecule has 2 heterocycles. The van der Waals surface area contributed by atoms with Crippen LogP contribution in [0.1, 0.15) is 31.7 Å². The molecule has 0 aromatic carbocycles. The highest BCUT2D eigenvalue weighted by Gasteiger charge is 2.22. The average molecular weight is 270 g/mol. The van der Waals surface area contributed by atoms with E-state index in [0.29, 0.717) is 11.2 Å². The molecule has 1 saturated heterocycles. The molecule has 1 aromatic heterocycles. The van der Waals surface area contributed by atoms with Gasteiger partial charge in [0, 0.05) is 31.9 Å². The van der Waals surface area contributed by atoms with Crippen LogP contribution >= 0.6 is 11.6 Å². The fourth-order valence-corrected chi connectivity index (χ4v) is 2.62. The summed E-state index contributed by atoms with van der Waals surface area (Å²) in [5.41, 5.74) is 1.07. The normalized spacial score (nSPS) is 16.8. The van der Waals surface area contributed by atoms with Gasteiger partial charge in [-0.2, -0.15) is 0 Å². The molecule has 2 rings (SSSR count). The topological polar surface area (TPSA) is 38.2 Å². The summed E-state index contributed by atoms with van der Waals surface area (Å²) in [5, 5.41) is 0.584. The van der Waals surface area contributed by atoms with Gasteiger partial charge in [0.2, 0.25) is 0 Å². The zero-order chi connectivity index (χ0) is 13.0. The van der Waals surface area contributed by atoms with Crippen molar-refractivity contribution in [1.29, 1.82) is 0 Å². The first-order chi connectivity index (χ1) is 8.74. The minimum Gasteiger partial charge on any atom is -0.381 e. The smallest absolute Gasteiger partial charge is 0.137 e. The van der Waals surface area contributed by atoms with Crippen LogP contribution in [0, 0.1) is 0 Å². The maximum Gasteiger partial charge on any atom is 0.137 e. The monoisotopic (exact) mass is 269 g/mol. The van der Waals surface area contributed by atoms with Crippen LogP contribution in [0.2, 0.25) is 5.15 Å². The summed E-state index contributed by atoms with van der Waals surface area (Å²) in [6.45, 7) is 3.80. The summed E-state index contributed by atoms with van der Waals surface area (Å²) >= 11 is 6.19. The summed E-state index contributed by atoms with van der Waals surface area (Å²) in [6.07, 6.45) is 5.60. The van der Waals surface area contributed by atoms with Gasteiger partial charge in [-0.15, -0.1) is 0 Å². The molecule has 0 unspecified atom stereocenters. The SMILES string of the molecule is CCCc1c(Cl)ncnc1N(C)C1CCOCC1. The van der Waals surface area contributed by atoms with Crippen LogP contribution in [-0.4, -0.2) is 36.3 Å². The second-order valence-electron chi connectivity index (χ2n) is 4.67. The molecule has 18 heavy (non-hydrogen) atoms. The molecular weight excluding hydrogens is 250 g/mol. The van der Waals surface area contributed by atoms with Crippen LogP contribution in [0.5, 0.6) is 0 Å². The largest absolute Gasteiger partial charge is 0.381 e. The Hall–Kier alpha value is -0.870.